The van der Waals surface area contributed by atoms with Gasteiger partial charge in [-0.1, -0.05) is 37.3 Å². The van der Waals surface area contributed by atoms with Crippen LogP contribution in [0.5, 0.6) is 0 Å². The number of thioether (sulfide) groups is 1. The van der Waals surface area contributed by atoms with Crippen LogP contribution in [-0.2, 0) is 16.0 Å². The summed E-state index contributed by atoms with van der Waals surface area (Å²) >= 11 is 1.69. The quantitative estimate of drug-likeness (QED) is 0.863. The molecule has 2 atom stereocenters. The molecule has 7 heteroatoms. The summed E-state index contributed by atoms with van der Waals surface area (Å²) in [5.74, 6) is 0. The van der Waals surface area contributed by atoms with Crippen LogP contribution in [0, 0.1) is 0 Å². The third-order valence-corrected chi connectivity index (χ3v) is 5.73. The standard InChI is InChI=1S/C17H23N3O3S/c1-13(17(2,21)10-20-12-18-11-19-20)24-15-8-22-16(23-9-15)14-6-4-3-5-7-14/h3-7,11-13,15-16,21H,8-10H2,1-2H3. The molecule has 1 fully saturated rings. The van der Waals surface area contributed by atoms with E-state index in [2.05, 4.69) is 10.1 Å². The number of hydrogen-bond acceptors (Lipinski definition) is 6. The lowest BCUT2D eigenvalue weighted by Gasteiger charge is -2.35. The summed E-state index contributed by atoms with van der Waals surface area (Å²) < 4.78 is 13.3. The summed E-state index contributed by atoms with van der Waals surface area (Å²) in [6.45, 7) is 5.46. The van der Waals surface area contributed by atoms with Gasteiger partial charge < -0.3 is 14.6 Å². The van der Waals surface area contributed by atoms with Gasteiger partial charge in [0.05, 0.1) is 30.6 Å². The molecule has 1 aliphatic rings. The second-order valence-electron chi connectivity index (χ2n) is 6.26. The van der Waals surface area contributed by atoms with Gasteiger partial charge in [-0.3, -0.25) is 4.68 Å². The molecule has 1 N–H and O–H groups in total. The molecule has 1 aromatic heterocycles. The minimum Gasteiger partial charge on any atom is -0.387 e. The molecule has 0 bridgehead atoms. The smallest absolute Gasteiger partial charge is 0.183 e. The third kappa shape index (κ3) is 4.36. The molecule has 6 nitrogen and oxygen atoms in total. The maximum atomic E-state index is 10.7. The second-order valence-corrected chi connectivity index (χ2v) is 7.91. The summed E-state index contributed by atoms with van der Waals surface area (Å²) in [5, 5.41) is 15.0. The molecule has 0 radical (unpaired) electrons. The van der Waals surface area contributed by atoms with Gasteiger partial charge in [-0.05, 0) is 6.92 Å². The lowest BCUT2D eigenvalue weighted by molar-refractivity contribution is -0.180. The van der Waals surface area contributed by atoms with Crippen molar-refractivity contribution in [3.8, 4) is 0 Å². The molecule has 1 saturated heterocycles. The minimum absolute atomic E-state index is 0.00664. The summed E-state index contributed by atoms with van der Waals surface area (Å²) in [6.07, 6.45) is 2.79. The fraction of sp³-hybridized carbons (Fsp3) is 0.529. The van der Waals surface area contributed by atoms with Gasteiger partial charge in [0, 0.05) is 10.8 Å². The molecule has 130 valence electrons. The highest BCUT2D eigenvalue weighted by Gasteiger charge is 2.34. The van der Waals surface area contributed by atoms with Crippen molar-refractivity contribution in [2.24, 2.45) is 0 Å². The zero-order valence-corrected chi connectivity index (χ0v) is 14.7. The van der Waals surface area contributed by atoms with Crippen LogP contribution in [0.4, 0.5) is 0 Å². The van der Waals surface area contributed by atoms with E-state index in [1.807, 2.05) is 44.2 Å². The summed E-state index contributed by atoms with van der Waals surface area (Å²) in [5.41, 5.74) is 0.140. The lowest BCUT2D eigenvalue weighted by atomic mass is 10.0. The highest BCUT2D eigenvalue weighted by molar-refractivity contribution is 8.00. The van der Waals surface area contributed by atoms with Gasteiger partial charge in [-0.2, -0.15) is 5.10 Å². The maximum absolute atomic E-state index is 10.7. The highest BCUT2D eigenvalue weighted by Crippen LogP contribution is 2.33. The third-order valence-electron chi connectivity index (χ3n) is 4.16. The molecule has 0 saturated carbocycles. The topological polar surface area (TPSA) is 69.4 Å². The zero-order chi connectivity index (χ0) is 17.0. The summed E-state index contributed by atoms with van der Waals surface area (Å²) in [7, 11) is 0. The van der Waals surface area contributed by atoms with Crippen molar-refractivity contribution < 1.29 is 14.6 Å². The first-order valence-corrected chi connectivity index (χ1v) is 8.97. The predicted molar refractivity (Wildman–Crippen MR) is 92.6 cm³/mol. The Morgan fingerprint density at radius 3 is 2.67 bits per heavy atom. The van der Waals surface area contributed by atoms with Gasteiger partial charge >= 0.3 is 0 Å². The Hall–Kier alpha value is -1.41. The fourth-order valence-corrected chi connectivity index (χ4v) is 3.83. The van der Waals surface area contributed by atoms with Crippen molar-refractivity contribution in [1.82, 2.24) is 14.8 Å². The van der Waals surface area contributed by atoms with E-state index >= 15 is 0 Å². The van der Waals surface area contributed by atoms with Gasteiger partial charge in [0.15, 0.2) is 6.29 Å². The average molecular weight is 349 g/mol. The van der Waals surface area contributed by atoms with E-state index in [-0.39, 0.29) is 16.8 Å². The van der Waals surface area contributed by atoms with Crippen LogP contribution in [0.1, 0.15) is 25.7 Å². The van der Waals surface area contributed by atoms with E-state index in [1.165, 1.54) is 6.33 Å². The Balaban J connectivity index is 1.50. The number of rotatable bonds is 6. The van der Waals surface area contributed by atoms with Crippen LogP contribution in [0.2, 0.25) is 0 Å². The Morgan fingerprint density at radius 2 is 2.04 bits per heavy atom. The van der Waals surface area contributed by atoms with Gasteiger partial charge in [0.2, 0.25) is 0 Å². The molecule has 0 spiro atoms. The lowest BCUT2D eigenvalue weighted by Crippen LogP contribution is -2.42. The van der Waals surface area contributed by atoms with Gasteiger partial charge in [0.25, 0.3) is 0 Å². The first-order valence-electron chi connectivity index (χ1n) is 8.03. The Kier molecular flexibility index (Phi) is 5.55. The number of ether oxygens (including phenoxy) is 2. The van der Waals surface area contributed by atoms with Gasteiger partial charge in [-0.25, -0.2) is 4.98 Å². The van der Waals surface area contributed by atoms with Crippen LogP contribution in [0.15, 0.2) is 43.0 Å². The van der Waals surface area contributed by atoms with E-state index in [1.54, 1.807) is 22.8 Å². The van der Waals surface area contributed by atoms with Crippen LogP contribution in [0.3, 0.4) is 0 Å². The molecular weight excluding hydrogens is 326 g/mol. The summed E-state index contributed by atoms with van der Waals surface area (Å²) in [4.78, 5) is 3.91. The zero-order valence-electron chi connectivity index (χ0n) is 13.9. The first kappa shape index (κ1) is 17.4. The average Bonchev–Trinajstić information content (AvgIpc) is 3.08. The van der Waals surface area contributed by atoms with E-state index in [0.717, 1.165) is 5.56 Å². The van der Waals surface area contributed by atoms with E-state index in [4.69, 9.17) is 9.47 Å². The molecule has 2 aromatic rings. The highest BCUT2D eigenvalue weighted by atomic mass is 32.2. The summed E-state index contributed by atoms with van der Waals surface area (Å²) in [6, 6.07) is 9.94. The van der Waals surface area contributed by atoms with Crippen LogP contribution in [-0.4, -0.2) is 49.2 Å². The molecule has 1 aliphatic heterocycles. The van der Waals surface area contributed by atoms with Crippen molar-refractivity contribution in [1.29, 1.82) is 0 Å². The minimum atomic E-state index is -0.894. The van der Waals surface area contributed by atoms with Gasteiger partial charge in [0.1, 0.15) is 12.7 Å². The van der Waals surface area contributed by atoms with Crippen molar-refractivity contribution in [2.75, 3.05) is 13.2 Å². The normalized spacial score (nSPS) is 25.1. The Morgan fingerprint density at radius 1 is 1.33 bits per heavy atom. The van der Waals surface area contributed by atoms with Crippen LogP contribution >= 0.6 is 11.8 Å². The van der Waals surface area contributed by atoms with E-state index in [0.29, 0.717) is 19.8 Å². The first-order chi connectivity index (χ1) is 11.5. The molecule has 0 amide bonds. The van der Waals surface area contributed by atoms with Crippen LogP contribution < -0.4 is 0 Å². The van der Waals surface area contributed by atoms with Crippen molar-refractivity contribution in [2.45, 2.75) is 42.8 Å². The molecule has 1 aromatic carbocycles. The molecule has 24 heavy (non-hydrogen) atoms. The number of aromatic nitrogens is 3. The Bertz CT molecular complexity index is 613. The molecule has 2 unspecified atom stereocenters. The molecule has 3 rings (SSSR count). The monoisotopic (exact) mass is 349 g/mol. The molecular formula is C17H23N3O3S. The van der Waals surface area contributed by atoms with Crippen molar-refractivity contribution >= 4 is 11.8 Å². The SMILES string of the molecule is CC(SC1COC(c2ccccc2)OC1)C(C)(O)Cn1cncn1. The number of nitrogens with zero attached hydrogens (tertiary/aromatic N) is 3. The fourth-order valence-electron chi connectivity index (χ4n) is 2.57. The van der Waals surface area contributed by atoms with Crippen molar-refractivity contribution in [3.05, 3.63) is 48.5 Å². The van der Waals surface area contributed by atoms with Crippen LogP contribution in [0.25, 0.3) is 0 Å². The van der Waals surface area contributed by atoms with E-state index < -0.39 is 5.60 Å². The molecule has 0 aliphatic carbocycles. The van der Waals surface area contributed by atoms with Crippen molar-refractivity contribution in [3.63, 3.8) is 0 Å². The second kappa shape index (κ2) is 7.65. The number of benzene rings is 1. The largest absolute Gasteiger partial charge is 0.387 e. The predicted octanol–water partition coefficient (Wildman–Crippen LogP) is 2.26. The van der Waals surface area contributed by atoms with E-state index in [9.17, 15) is 5.11 Å². The van der Waals surface area contributed by atoms with Gasteiger partial charge in [-0.15, -0.1) is 11.8 Å². The Labute approximate surface area is 146 Å². The number of hydrogen-bond donors (Lipinski definition) is 1. The maximum Gasteiger partial charge on any atom is 0.183 e. The number of aliphatic hydroxyl groups is 1. The molecule has 2 heterocycles.